The molecular formula is C16H17N3O2S. The topological polar surface area (TPSA) is 62.3 Å². The van der Waals surface area contributed by atoms with Crippen LogP contribution in [0.2, 0.25) is 0 Å². The van der Waals surface area contributed by atoms with Gasteiger partial charge in [0.1, 0.15) is 0 Å². The van der Waals surface area contributed by atoms with Gasteiger partial charge >= 0.3 is 0 Å². The van der Waals surface area contributed by atoms with Crippen molar-refractivity contribution < 1.29 is 9.59 Å². The van der Waals surface area contributed by atoms with Crippen LogP contribution in [0.3, 0.4) is 0 Å². The quantitative estimate of drug-likeness (QED) is 0.833. The smallest absolute Gasteiger partial charge is 0.265 e. The first-order valence-corrected chi connectivity index (χ1v) is 8.00. The number of amides is 2. The summed E-state index contributed by atoms with van der Waals surface area (Å²) < 4.78 is 1.56. The number of carbonyl (C=O) groups is 2. The summed E-state index contributed by atoms with van der Waals surface area (Å²) in [7, 11) is 0. The molecule has 1 N–H and O–H groups in total. The van der Waals surface area contributed by atoms with Crippen molar-refractivity contribution in [2.75, 3.05) is 18.1 Å². The lowest BCUT2D eigenvalue weighted by atomic mass is 10.2. The van der Waals surface area contributed by atoms with E-state index in [9.17, 15) is 9.59 Å². The molecule has 2 rings (SSSR count). The largest absolute Gasteiger partial charge is 0.326 e. The summed E-state index contributed by atoms with van der Waals surface area (Å²) in [6, 6.07) is 12.7. The summed E-state index contributed by atoms with van der Waals surface area (Å²) in [5.41, 5.74) is 1.27. The fourth-order valence-corrected chi connectivity index (χ4v) is 2.40. The summed E-state index contributed by atoms with van der Waals surface area (Å²) >= 11 is 1.30. The van der Waals surface area contributed by atoms with E-state index in [1.807, 2.05) is 36.6 Å². The standard InChI is InChI=1S/C16H17N3O2S/c1-22-19(16(21)13-6-5-10-17-12-13)11-9-15(20)18-14-7-3-2-4-8-14/h2-8,10,12H,9,11H2,1H3,(H,18,20). The van der Waals surface area contributed by atoms with Gasteiger partial charge in [0.25, 0.3) is 5.91 Å². The average molecular weight is 315 g/mol. The van der Waals surface area contributed by atoms with Gasteiger partial charge < -0.3 is 5.32 Å². The third kappa shape index (κ3) is 4.60. The van der Waals surface area contributed by atoms with E-state index in [1.165, 1.54) is 18.1 Å². The number of anilines is 1. The number of nitrogens with zero attached hydrogens (tertiary/aromatic N) is 2. The van der Waals surface area contributed by atoms with Crippen LogP contribution >= 0.6 is 11.9 Å². The number of pyridine rings is 1. The van der Waals surface area contributed by atoms with Crippen LogP contribution in [0.25, 0.3) is 0 Å². The lowest BCUT2D eigenvalue weighted by Crippen LogP contribution is -2.28. The molecule has 0 unspecified atom stereocenters. The molecule has 1 aromatic carbocycles. The molecule has 0 saturated heterocycles. The molecule has 114 valence electrons. The molecule has 0 aliphatic heterocycles. The van der Waals surface area contributed by atoms with E-state index in [0.29, 0.717) is 12.1 Å². The summed E-state index contributed by atoms with van der Waals surface area (Å²) in [6.45, 7) is 0.341. The molecule has 1 aromatic heterocycles. The first-order valence-electron chi connectivity index (χ1n) is 6.81. The second kappa shape index (κ2) is 8.19. The van der Waals surface area contributed by atoms with E-state index in [0.717, 1.165) is 5.69 Å². The Balaban J connectivity index is 1.88. The fraction of sp³-hybridized carbons (Fsp3) is 0.188. The summed E-state index contributed by atoms with van der Waals surface area (Å²) in [4.78, 5) is 28.1. The first-order chi connectivity index (χ1) is 10.7. The van der Waals surface area contributed by atoms with Crippen molar-refractivity contribution in [2.45, 2.75) is 6.42 Å². The highest BCUT2D eigenvalue weighted by atomic mass is 32.2. The van der Waals surface area contributed by atoms with Gasteiger partial charge in [0.15, 0.2) is 0 Å². The van der Waals surface area contributed by atoms with Crippen LogP contribution in [0.4, 0.5) is 5.69 Å². The predicted molar refractivity (Wildman–Crippen MR) is 88.5 cm³/mol. The Labute approximate surface area is 133 Å². The van der Waals surface area contributed by atoms with Crippen molar-refractivity contribution in [3.05, 3.63) is 60.4 Å². The molecule has 0 fully saturated rings. The normalized spacial score (nSPS) is 10.0. The van der Waals surface area contributed by atoms with Gasteiger partial charge in [-0.25, -0.2) is 0 Å². The van der Waals surface area contributed by atoms with Gasteiger partial charge in [-0.1, -0.05) is 30.1 Å². The fourth-order valence-electron chi connectivity index (χ4n) is 1.86. The summed E-state index contributed by atoms with van der Waals surface area (Å²) in [5.74, 6) is -0.266. The lowest BCUT2D eigenvalue weighted by molar-refractivity contribution is -0.116. The minimum atomic E-state index is -0.145. The Morgan fingerprint density at radius 3 is 2.59 bits per heavy atom. The Morgan fingerprint density at radius 2 is 1.95 bits per heavy atom. The highest BCUT2D eigenvalue weighted by molar-refractivity contribution is 7.96. The van der Waals surface area contributed by atoms with Crippen molar-refractivity contribution in [3.8, 4) is 0 Å². The number of carbonyl (C=O) groups excluding carboxylic acids is 2. The van der Waals surface area contributed by atoms with Crippen molar-refractivity contribution in [2.24, 2.45) is 0 Å². The van der Waals surface area contributed by atoms with Gasteiger partial charge in [-0.15, -0.1) is 0 Å². The molecule has 0 radical (unpaired) electrons. The van der Waals surface area contributed by atoms with Crippen LogP contribution in [0.15, 0.2) is 54.9 Å². The molecule has 0 bridgehead atoms. The molecular weight excluding hydrogens is 298 g/mol. The summed E-state index contributed by atoms with van der Waals surface area (Å²) in [6.07, 6.45) is 5.19. The van der Waals surface area contributed by atoms with Gasteiger partial charge in [0.05, 0.1) is 5.56 Å². The Morgan fingerprint density at radius 1 is 1.18 bits per heavy atom. The molecule has 0 aliphatic carbocycles. The Hall–Kier alpha value is -2.34. The number of aromatic nitrogens is 1. The molecule has 0 aliphatic rings. The van der Waals surface area contributed by atoms with E-state index in [2.05, 4.69) is 10.3 Å². The second-order valence-corrected chi connectivity index (χ2v) is 5.30. The van der Waals surface area contributed by atoms with E-state index in [1.54, 1.807) is 22.6 Å². The van der Waals surface area contributed by atoms with Gasteiger partial charge in [0, 0.05) is 37.3 Å². The highest BCUT2D eigenvalue weighted by Gasteiger charge is 2.16. The monoisotopic (exact) mass is 315 g/mol. The van der Waals surface area contributed by atoms with Crippen molar-refractivity contribution in [3.63, 3.8) is 0 Å². The zero-order chi connectivity index (χ0) is 15.8. The minimum absolute atomic E-state index is 0.121. The Bertz CT molecular complexity index is 620. The van der Waals surface area contributed by atoms with Crippen LogP contribution in [0.1, 0.15) is 16.8 Å². The minimum Gasteiger partial charge on any atom is -0.326 e. The third-order valence-electron chi connectivity index (χ3n) is 2.95. The van der Waals surface area contributed by atoms with Crippen LogP contribution in [0.5, 0.6) is 0 Å². The van der Waals surface area contributed by atoms with Gasteiger partial charge in [-0.3, -0.25) is 18.9 Å². The maximum Gasteiger partial charge on any atom is 0.265 e. The molecule has 6 heteroatoms. The van der Waals surface area contributed by atoms with Gasteiger partial charge in [-0.05, 0) is 24.3 Å². The SMILES string of the molecule is CSN(CCC(=O)Nc1ccccc1)C(=O)c1cccnc1. The van der Waals surface area contributed by atoms with Crippen LogP contribution < -0.4 is 5.32 Å². The summed E-state index contributed by atoms with van der Waals surface area (Å²) in [5, 5.41) is 2.80. The number of rotatable bonds is 6. The maximum absolute atomic E-state index is 12.3. The van der Waals surface area contributed by atoms with Crippen molar-refractivity contribution in [1.29, 1.82) is 0 Å². The van der Waals surface area contributed by atoms with Crippen molar-refractivity contribution in [1.82, 2.24) is 9.29 Å². The maximum atomic E-state index is 12.3. The van der Waals surface area contributed by atoms with E-state index < -0.39 is 0 Å². The molecule has 22 heavy (non-hydrogen) atoms. The predicted octanol–water partition coefficient (Wildman–Crippen LogP) is 2.83. The van der Waals surface area contributed by atoms with Crippen LogP contribution in [-0.2, 0) is 4.79 Å². The van der Waals surface area contributed by atoms with Crippen molar-refractivity contribution >= 4 is 29.4 Å². The van der Waals surface area contributed by atoms with Gasteiger partial charge in [-0.2, -0.15) is 0 Å². The number of hydrogen-bond donors (Lipinski definition) is 1. The van der Waals surface area contributed by atoms with Crippen LogP contribution in [0, 0.1) is 0 Å². The zero-order valence-corrected chi connectivity index (χ0v) is 13.0. The number of para-hydroxylation sites is 1. The lowest BCUT2D eigenvalue weighted by Gasteiger charge is -2.19. The molecule has 5 nitrogen and oxygen atoms in total. The number of hydrogen-bond acceptors (Lipinski definition) is 4. The number of benzene rings is 1. The molecule has 0 atom stereocenters. The average Bonchev–Trinajstić information content (AvgIpc) is 2.57. The molecule has 0 spiro atoms. The Kier molecular flexibility index (Phi) is 5.97. The zero-order valence-electron chi connectivity index (χ0n) is 12.2. The molecule has 1 heterocycles. The number of nitrogens with one attached hydrogen (secondary N) is 1. The van der Waals surface area contributed by atoms with Gasteiger partial charge in [0.2, 0.25) is 5.91 Å². The molecule has 2 amide bonds. The highest BCUT2D eigenvalue weighted by Crippen LogP contribution is 2.13. The molecule has 0 saturated carbocycles. The van der Waals surface area contributed by atoms with E-state index in [-0.39, 0.29) is 18.2 Å². The first kappa shape index (κ1) is 16.0. The van der Waals surface area contributed by atoms with Crippen LogP contribution in [-0.4, -0.2) is 33.9 Å². The third-order valence-corrected chi connectivity index (χ3v) is 3.74. The van der Waals surface area contributed by atoms with E-state index >= 15 is 0 Å². The molecule has 2 aromatic rings. The second-order valence-electron chi connectivity index (χ2n) is 4.50. The van der Waals surface area contributed by atoms with E-state index in [4.69, 9.17) is 0 Å².